The highest BCUT2D eigenvalue weighted by Crippen LogP contribution is 1.95. The molecule has 0 bridgehead atoms. The molecule has 3 radical (unpaired) electrons. The average molecular weight is 140 g/mol. The van der Waals surface area contributed by atoms with Gasteiger partial charge in [-0.3, -0.25) is 0 Å². The van der Waals surface area contributed by atoms with Gasteiger partial charge in [0.05, 0.1) is 0 Å². The monoisotopic (exact) mass is 140 g/mol. The number of hydrogen-bond donors (Lipinski definition) is 0. The minimum atomic E-state index is -1.04. The van der Waals surface area contributed by atoms with Crippen LogP contribution in [0.2, 0.25) is 19.6 Å². The molecule has 2 heteroatoms. The molecule has 51 valence electrons. The minimum absolute atomic E-state index is 0. The van der Waals surface area contributed by atoms with Crippen LogP contribution in [0.25, 0.3) is 0 Å². The van der Waals surface area contributed by atoms with Crippen molar-refractivity contribution < 1.29 is 0 Å². The van der Waals surface area contributed by atoms with Gasteiger partial charge in [0.15, 0.2) is 0 Å². The maximum absolute atomic E-state index is 3.26. The SMILES string of the molecule is CCC#C[Si](C)(C)C.[N]. The fourth-order valence-electron chi connectivity index (χ4n) is 0.354. The molecule has 0 aliphatic carbocycles. The molecule has 0 N–H and O–H groups in total. The molecule has 9 heavy (non-hydrogen) atoms. The van der Waals surface area contributed by atoms with Crippen molar-refractivity contribution >= 4 is 8.07 Å². The van der Waals surface area contributed by atoms with Crippen LogP contribution in [0, 0.1) is 11.5 Å². The number of hydrogen-bond acceptors (Lipinski definition) is 0. The van der Waals surface area contributed by atoms with E-state index in [9.17, 15) is 0 Å². The van der Waals surface area contributed by atoms with Gasteiger partial charge in [0.1, 0.15) is 8.07 Å². The van der Waals surface area contributed by atoms with Crippen molar-refractivity contribution in [2.75, 3.05) is 0 Å². The van der Waals surface area contributed by atoms with Gasteiger partial charge in [-0.2, -0.15) is 0 Å². The van der Waals surface area contributed by atoms with Crippen LogP contribution < -0.4 is 6.15 Å². The normalized spacial score (nSPS) is 8.89. The zero-order chi connectivity index (χ0) is 6.62. The van der Waals surface area contributed by atoms with Crippen molar-refractivity contribution in [2.45, 2.75) is 33.0 Å². The summed E-state index contributed by atoms with van der Waals surface area (Å²) in [4.78, 5) is 0. The average Bonchev–Trinajstić information content (AvgIpc) is 1.59. The summed E-state index contributed by atoms with van der Waals surface area (Å²) in [5, 5.41) is 0. The van der Waals surface area contributed by atoms with Gasteiger partial charge in [-0.15, -0.1) is 11.5 Å². The first-order valence-corrected chi connectivity index (χ1v) is 6.56. The van der Waals surface area contributed by atoms with E-state index in [-0.39, 0.29) is 6.15 Å². The van der Waals surface area contributed by atoms with E-state index < -0.39 is 8.07 Å². The second kappa shape index (κ2) is 4.60. The highest BCUT2D eigenvalue weighted by atomic mass is 28.3. The van der Waals surface area contributed by atoms with Crippen LogP contribution in [0.5, 0.6) is 0 Å². The van der Waals surface area contributed by atoms with Gasteiger partial charge < -0.3 is 0 Å². The molecule has 0 rings (SSSR count). The summed E-state index contributed by atoms with van der Waals surface area (Å²) in [6.07, 6.45) is 1.00. The fourth-order valence-corrected chi connectivity index (χ4v) is 1.06. The zero-order valence-electron chi connectivity index (χ0n) is 6.65. The van der Waals surface area contributed by atoms with Gasteiger partial charge in [0.25, 0.3) is 0 Å². The lowest BCUT2D eigenvalue weighted by molar-refractivity contribution is 1.28. The molecule has 0 aromatic rings. The Morgan fingerprint density at radius 1 is 1.22 bits per heavy atom. The third-order valence-electron chi connectivity index (χ3n) is 0.640. The van der Waals surface area contributed by atoms with E-state index in [2.05, 4.69) is 38.0 Å². The summed E-state index contributed by atoms with van der Waals surface area (Å²) >= 11 is 0. The molecule has 0 saturated heterocycles. The Kier molecular flexibility index (Phi) is 5.89. The van der Waals surface area contributed by atoms with Crippen molar-refractivity contribution in [3.05, 3.63) is 0 Å². The van der Waals surface area contributed by atoms with Gasteiger partial charge in [-0.1, -0.05) is 26.6 Å². The summed E-state index contributed by atoms with van der Waals surface area (Å²) in [7, 11) is -1.04. The largest absolute Gasteiger partial charge is 0.132 e. The summed E-state index contributed by atoms with van der Waals surface area (Å²) in [6.45, 7) is 8.87. The Balaban J connectivity index is 0. The highest BCUT2D eigenvalue weighted by Gasteiger charge is 2.06. The number of rotatable bonds is 0. The standard InChI is InChI=1S/C7H14Si.N/c1-5-6-7-8(2,3)4;/h5H2,1-4H3;. The topological polar surface area (TPSA) is 30.5 Å². The first kappa shape index (κ1) is 11.5. The third-order valence-corrected chi connectivity index (χ3v) is 1.57. The van der Waals surface area contributed by atoms with Crippen LogP contribution in [-0.4, -0.2) is 8.07 Å². The fraction of sp³-hybridized carbons (Fsp3) is 0.714. The Hall–Kier alpha value is -0.263. The molecule has 0 aromatic carbocycles. The lowest BCUT2D eigenvalue weighted by atomic mass is 10.5. The van der Waals surface area contributed by atoms with Crippen LogP contribution in [0.15, 0.2) is 0 Å². The van der Waals surface area contributed by atoms with Gasteiger partial charge in [-0.25, -0.2) is 0 Å². The smallest absolute Gasteiger partial charge is 0.129 e. The molecular formula is C7H14NSi. The first-order valence-electron chi connectivity index (χ1n) is 3.06. The number of nitrogens with zero attached hydrogens (tertiary/aromatic N) is 1. The molecule has 0 saturated carbocycles. The molecule has 0 heterocycles. The van der Waals surface area contributed by atoms with Crippen LogP contribution in [0.4, 0.5) is 0 Å². The van der Waals surface area contributed by atoms with Gasteiger partial charge in [0.2, 0.25) is 0 Å². The first-order chi connectivity index (χ1) is 3.56. The van der Waals surface area contributed by atoms with Crippen molar-refractivity contribution in [2.24, 2.45) is 0 Å². The second-order valence-corrected chi connectivity index (χ2v) is 7.66. The summed E-state index contributed by atoms with van der Waals surface area (Å²) < 4.78 is 0. The molecule has 0 amide bonds. The Labute approximate surface area is 59.4 Å². The molecule has 0 aliphatic rings. The van der Waals surface area contributed by atoms with Crippen molar-refractivity contribution in [1.29, 1.82) is 0 Å². The Morgan fingerprint density at radius 2 is 1.67 bits per heavy atom. The van der Waals surface area contributed by atoms with E-state index in [1.807, 2.05) is 0 Å². The second-order valence-electron chi connectivity index (χ2n) is 2.91. The van der Waals surface area contributed by atoms with E-state index >= 15 is 0 Å². The third kappa shape index (κ3) is 11.3. The molecule has 1 nitrogen and oxygen atoms in total. The zero-order valence-corrected chi connectivity index (χ0v) is 7.65. The molecule has 0 fully saturated rings. The van der Waals surface area contributed by atoms with E-state index in [1.54, 1.807) is 0 Å². The summed E-state index contributed by atoms with van der Waals surface area (Å²) in [6, 6.07) is 0. The van der Waals surface area contributed by atoms with Gasteiger partial charge >= 0.3 is 0 Å². The van der Waals surface area contributed by atoms with Crippen molar-refractivity contribution in [3.63, 3.8) is 0 Å². The molecule has 0 aliphatic heterocycles. The van der Waals surface area contributed by atoms with E-state index in [4.69, 9.17) is 0 Å². The molecule has 0 atom stereocenters. The highest BCUT2D eigenvalue weighted by molar-refractivity contribution is 6.83. The van der Waals surface area contributed by atoms with Crippen molar-refractivity contribution in [3.8, 4) is 11.5 Å². The van der Waals surface area contributed by atoms with Gasteiger partial charge in [0, 0.05) is 12.6 Å². The summed E-state index contributed by atoms with van der Waals surface area (Å²) in [5.41, 5.74) is 3.26. The molecule has 0 unspecified atom stereocenters. The van der Waals surface area contributed by atoms with Crippen LogP contribution in [0.3, 0.4) is 0 Å². The quantitative estimate of drug-likeness (QED) is 0.363. The summed E-state index contributed by atoms with van der Waals surface area (Å²) in [5.74, 6) is 3.10. The molecular weight excluding hydrogens is 126 g/mol. The Morgan fingerprint density at radius 3 is 1.78 bits per heavy atom. The molecule has 0 aromatic heterocycles. The van der Waals surface area contributed by atoms with Crippen molar-refractivity contribution in [1.82, 2.24) is 6.15 Å². The predicted molar refractivity (Wildman–Crippen MR) is 43.5 cm³/mol. The Bertz CT molecular complexity index is 113. The van der Waals surface area contributed by atoms with Gasteiger partial charge in [-0.05, 0) is 0 Å². The van der Waals surface area contributed by atoms with E-state index in [0.29, 0.717) is 0 Å². The maximum atomic E-state index is 3.26. The lowest BCUT2D eigenvalue weighted by Gasteiger charge is -2.02. The van der Waals surface area contributed by atoms with E-state index in [1.165, 1.54) is 0 Å². The predicted octanol–water partition coefficient (Wildman–Crippen LogP) is 1.80. The maximum Gasteiger partial charge on any atom is 0.129 e. The van der Waals surface area contributed by atoms with Crippen LogP contribution in [-0.2, 0) is 0 Å². The minimum Gasteiger partial charge on any atom is -0.132 e. The molecule has 0 spiro atoms. The van der Waals surface area contributed by atoms with Crippen LogP contribution in [0.1, 0.15) is 13.3 Å². The van der Waals surface area contributed by atoms with Crippen LogP contribution >= 0.6 is 0 Å². The lowest BCUT2D eigenvalue weighted by Crippen LogP contribution is -2.16. The van der Waals surface area contributed by atoms with E-state index in [0.717, 1.165) is 6.42 Å².